The molecular weight excluding hydrogens is 366 g/mol. The van der Waals surface area contributed by atoms with Crippen molar-refractivity contribution in [2.24, 2.45) is 5.41 Å². The second-order valence-corrected chi connectivity index (χ2v) is 9.50. The van der Waals surface area contributed by atoms with Crippen LogP contribution in [0, 0.1) is 5.41 Å². The van der Waals surface area contributed by atoms with Gasteiger partial charge in [0.25, 0.3) is 0 Å². The molecule has 2 atom stereocenters. The number of carbonyl (C=O) groups is 1. The van der Waals surface area contributed by atoms with Gasteiger partial charge in [0.05, 0.1) is 18.7 Å². The molecule has 0 spiro atoms. The lowest BCUT2D eigenvalue weighted by molar-refractivity contribution is -0.134. The molecule has 4 rings (SSSR count). The summed E-state index contributed by atoms with van der Waals surface area (Å²) in [5, 5.41) is 19.2. The van der Waals surface area contributed by atoms with Gasteiger partial charge in [-0.15, -0.1) is 10.2 Å². The van der Waals surface area contributed by atoms with Crippen LogP contribution in [0.2, 0.25) is 0 Å². The third-order valence-corrected chi connectivity index (χ3v) is 5.72. The number of aromatic nitrogens is 3. The summed E-state index contributed by atoms with van der Waals surface area (Å²) in [6.07, 6.45) is 0.843. The molecule has 7 nitrogen and oxygen atoms in total. The SMILES string of the molecule is CC(C)(C)CC(=O)N1CCn2c(nnc2[C@@H]2C[C@@H](O)CN2Cc2ccccc2)C1. The fourth-order valence-electron chi connectivity index (χ4n) is 4.35. The van der Waals surface area contributed by atoms with E-state index in [-0.39, 0.29) is 23.5 Å². The Morgan fingerprint density at radius 3 is 2.66 bits per heavy atom. The van der Waals surface area contributed by atoms with Gasteiger partial charge in [0.2, 0.25) is 5.91 Å². The maximum Gasteiger partial charge on any atom is 0.223 e. The minimum atomic E-state index is -0.356. The van der Waals surface area contributed by atoms with Crippen LogP contribution in [-0.2, 0) is 24.4 Å². The van der Waals surface area contributed by atoms with E-state index >= 15 is 0 Å². The number of β-amino-alcohol motifs (C(OH)–C–C–N with tert-alkyl or cyclic N) is 1. The van der Waals surface area contributed by atoms with E-state index in [1.54, 1.807) is 0 Å². The van der Waals surface area contributed by atoms with Gasteiger partial charge in [0, 0.05) is 32.6 Å². The van der Waals surface area contributed by atoms with Crippen LogP contribution < -0.4 is 0 Å². The first-order valence-corrected chi connectivity index (χ1v) is 10.5. The van der Waals surface area contributed by atoms with Crippen LogP contribution in [0.25, 0.3) is 0 Å². The molecule has 156 valence electrons. The first kappa shape index (κ1) is 20.0. The lowest BCUT2D eigenvalue weighted by Gasteiger charge is -2.31. The fourth-order valence-corrected chi connectivity index (χ4v) is 4.35. The molecule has 1 aromatic heterocycles. The Morgan fingerprint density at radius 2 is 1.93 bits per heavy atom. The predicted molar refractivity (Wildman–Crippen MR) is 110 cm³/mol. The third-order valence-electron chi connectivity index (χ3n) is 5.72. The van der Waals surface area contributed by atoms with Crippen LogP contribution >= 0.6 is 0 Å². The van der Waals surface area contributed by atoms with Gasteiger partial charge in [-0.2, -0.15) is 0 Å². The highest BCUT2D eigenvalue weighted by Crippen LogP contribution is 2.33. The van der Waals surface area contributed by atoms with Gasteiger partial charge in [-0.3, -0.25) is 9.69 Å². The predicted octanol–water partition coefficient (Wildman–Crippen LogP) is 2.36. The number of hydrogen-bond donors (Lipinski definition) is 1. The molecule has 1 fully saturated rings. The van der Waals surface area contributed by atoms with Crippen LogP contribution in [0.15, 0.2) is 30.3 Å². The number of aliphatic hydroxyl groups excluding tert-OH is 1. The van der Waals surface area contributed by atoms with E-state index in [1.807, 2.05) is 23.1 Å². The number of carbonyl (C=O) groups excluding carboxylic acids is 1. The number of fused-ring (bicyclic) bond motifs is 1. The molecule has 0 bridgehead atoms. The van der Waals surface area contributed by atoms with Crippen molar-refractivity contribution < 1.29 is 9.90 Å². The Kier molecular flexibility index (Phi) is 5.44. The first-order chi connectivity index (χ1) is 13.8. The zero-order valence-electron chi connectivity index (χ0n) is 17.6. The molecule has 3 heterocycles. The summed E-state index contributed by atoms with van der Waals surface area (Å²) < 4.78 is 2.15. The van der Waals surface area contributed by atoms with Crippen LogP contribution in [0.4, 0.5) is 0 Å². The minimum Gasteiger partial charge on any atom is -0.392 e. The Hall–Kier alpha value is -2.25. The number of amides is 1. The van der Waals surface area contributed by atoms with E-state index in [0.29, 0.717) is 39.0 Å². The van der Waals surface area contributed by atoms with Crippen LogP contribution in [0.1, 0.15) is 56.9 Å². The van der Waals surface area contributed by atoms with Gasteiger partial charge in [0.15, 0.2) is 11.6 Å². The van der Waals surface area contributed by atoms with Gasteiger partial charge >= 0.3 is 0 Å². The summed E-state index contributed by atoms with van der Waals surface area (Å²) in [5.74, 6) is 1.93. The van der Waals surface area contributed by atoms with Gasteiger partial charge in [-0.1, -0.05) is 51.1 Å². The lowest BCUT2D eigenvalue weighted by Crippen LogP contribution is -2.40. The number of aliphatic hydroxyl groups is 1. The summed E-state index contributed by atoms with van der Waals surface area (Å²) in [5.41, 5.74) is 1.20. The molecule has 0 saturated carbocycles. The molecule has 2 aliphatic rings. The Morgan fingerprint density at radius 1 is 1.17 bits per heavy atom. The molecule has 0 aliphatic carbocycles. The largest absolute Gasteiger partial charge is 0.392 e. The van der Waals surface area contributed by atoms with Gasteiger partial charge in [-0.05, 0) is 17.4 Å². The van der Waals surface area contributed by atoms with Crippen molar-refractivity contribution in [2.75, 3.05) is 13.1 Å². The summed E-state index contributed by atoms with van der Waals surface area (Å²) in [6, 6.07) is 10.4. The molecule has 0 radical (unpaired) electrons. The van der Waals surface area contributed by atoms with Crippen LogP contribution in [0.5, 0.6) is 0 Å². The first-order valence-electron chi connectivity index (χ1n) is 10.5. The molecule has 1 amide bonds. The average Bonchev–Trinajstić information content (AvgIpc) is 3.23. The molecule has 1 aromatic carbocycles. The highest BCUT2D eigenvalue weighted by atomic mass is 16.3. The van der Waals surface area contributed by atoms with E-state index in [2.05, 4.69) is 52.6 Å². The van der Waals surface area contributed by atoms with Crippen molar-refractivity contribution in [2.45, 2.75) is 65.4 Å². The Labute approximate surface area is 172 Å². The van der Waals surface area contributed by atoms with E-state index in [1.165, 1.54) is 5.56 Å². The topological polar surface area (TPSA) is 74.5 Å². The number of rotatable bonds is 4. The van der Waals surface area contributed by atoms with E-state index in [9.17, 15) is 9.90 Å². The number of likely N-dealkylation sites (tertiary alicyclic amines) is 1. The van der Waals surface area contributed by atoms with Crippen LogP contribution in [0.3, 0.4) is 0 Å². The Bertz CT molecular complexity index is 858. The number of hydrogen-bond acceptors (Lipinski definition) is 5. The van der Waals surface area contributed by atoms with E-state index in [0.717, 1.165) is 18.2 Å². The average molecular weight is 398 g/mol. The quantitative estimate of drug-likeness (QED) is 0.857. The van der Waals surface area contributed by atoms with Crippen LogP contribution in [-0.4, -0.2) is 54.8 Å². The molecule has 29 heavy (non-hydrogen) atoms. The zero-order valence-corrected chi connectivity index (χ0v) is 17.6. The molecule has 0 unspecified atom stereocenters. The Balaban J connectivity index is 1.50. The highest BCUT2D eigenvalue weighted by molar-refractivity contribution is 5.76. The molecule has 7 heteroatoms. The summed E-state index contributed by atoms with van der Waals surface area (Å²) in [6.45, 7) is 9.57. The van der Waals surface area contributed by atoms with Gasteiger partial charge < -0.3 is 14.6 Å². The van der Waals surface area contributed by atoms with Gasteiger partial charge in [-0.25, -0.2) is 0 Å². The van der Waals surface area contributed by atoms with Crippen molar-refractivity contribution >= 4 is 5.91 Å². The van der Waals surface area contributed by atoms with Crippen molar-refractivity contribution in [1.29, 1.82) is 0 Å². The molecule has 2 aliphatic heterocycles. The second kappa shape index (κ2) is 7.88. The summed E-state index contributed by atoms with van der Waals surface area (Å²) in [4.78, 5) is 16.8. The van der Waals surface area contributed by atoms with Crippen molar-refractivity contribution in [3.63, 3.8) is 0 Å². The zero-order chi connectivity index (χ0) is 20.6. The van der Waals surface area contributed by atoms with E-state index < -0.39 is 0 Å². The molecule has 1 N–H and O–H groups in total. The lowest BCUT2D eigenvalue weighted by atomic mass is 9.91. The minimum absolute atomic E-state index is 0.0225. The maximum atomic E-state index is 12.6. The summed E-state index contributed by atoms with van der Waals surface area (Å²) >= 11 is 0. The number of nitrogens with zero attached hydrogens (tertiary/aromatic N) is 5. The third kappa shape index (κ3) is 4.51. The molecular formula is C22H31N5O2. The normalized spacial score (nSPS) is 22.7. The summed E-state index contributed by atoms with van der Waals surface area (Å²) in [7, 11) is 0. The van der Waals surface area contributed by atoms with Crippen molar-refractivity contribution in [1.82, 2.24) is 24.6 Å². The smallest absolute Gasteiger partial charge is 0.223 e. The number of benzene rings is 1. The second-order valence-electron chi connectivity index (χ2n) is 9.50. The highest BCUT2D eigenvalue weighted by Gasteiger charge is 2.37. The van der Waals surface area contributed by atoms with Crippen molar-refractivity contribution in [3.05, 3.63) is 47.5 Å². The monoisotopic (exact) mass is 397 g/mol. The van der Waals surface area contributed by atoms with Crippen molar-refractivity contribution in [3.8, 4) is 0 Å². The standard InChI is InChI=1S/C22H31N5O2/c1-22(2,3)12-20(29)25-9-10-27-19(15-25)23-24-21(27)18-11-17(28)14-26(18)13-16-7-5-4-6-8-16/h4-8,17-18,28H,9-15H2,1-3H3/t17-,18+/m1/s1. The maximum absolute atomic E-state index is 12.6. The molecule has 2 aromatic rings. The fraction of sp³-hybridized carbons (Fsp3) is 0.591. The van der Waals surface area contributed by atoms with Gasteiger partial charge in [0.1, 0.15) is 0 Å². The molecule has 1 saturated heterocycles. The van der Waals surface area contributed by atoms with E-state index in [4.69, 9.17) is 0 Å².